The van der Waals surface area contributed by atoms with Crippen LogP contribution in [0.1, 0.15) is 17.3 Å². The molecule has 0 saturated carbocycles. The quantitative estimate of drug-likeness (QED) is 0.199. The van der Waals surface area contributed by atoms with E-state index in [2.05, 4.69) is 15.5 Å². The Kier molecular flexibility index (Phi) is 6.55. The minimum atomic E-state index is -0.531. The molecule has 0 spiro atoms. The highest BCUT2D eigenvalue weighted by atomic mass is 35.5. The molecule has 1 N–H and O–H groups in total. The Morgan fingerprint density at radius 2 is 1.85 bits per heavy atom. The van der Waals surface area contributed by atoms with Crippen LogP contribution >= 0.6 is 46.0 Å². The van der Waals surface area contributed by atoms with Gasteiger partial charge in [-0.25, -0.2) is 4.79 Å². The van der Waals surface area contributed by atoms with Crippen LogP contribution in [0.4, 0.5) is 5.00 Å². The monoisotopic (exact) mass is 528 g/mol. The number of carbonyl (C=O) groups is 2. The SMILES string of the molecule is CCOC(=O)c1c(NC(=O)CSc2nnc3sc4ccccc4n23)sc(Cl)c1-c1ccccc1. The van der Waals surface area contributed by atoms with Crippen LogP contribution in [0.25, 0.3) is 26.3 Å². The number of thiophene rings is 1. The van der Waals surface area contributed by atoms with E-state index in [4.69, 9.17) is 16.3 Å². The number of amides is 1. The van der Waals surface area contributed by atoms with Crippen molar-refractivity contribution in [2.75, 3.05) is 17.7 Å². The van der Waals surface area contributed by atoms with Gasteiger partial charge in [-0.1, -0.05) is 77.2 Å². The number of hydrogen-bond donors (Lipinski definition) is 1. The van der Waals surface area contributed by atoms with Gasteiger partial charge in [-0.3, -0.25) is 9.20 Å². The molecular formula is C23H17ClN4O3S3. The van der Waals surface area contributed by atoms with Gasteiger partial charge < -0.3 is 10.1 Å². The van der Waals surface area contributed by atoms with Crippen LogP contribution in [-0.4, -0.2) is 38.8 Å². The smallest absolute Gasteiger partial charge is 0.341 e. The van der Waals surface area contributed by atoms with E-state index in [1.54, 1.807) is 18.3 Å². The van der Waals surface area contributed by atoms with E-state index in [-0.39, 0.29) is 23.8 Å². The van der Waals surface area contributed by atoms with Crippen molar-refractivity contribution in [1.82, 2.24) is 14.6 Å². The van der Waals surface area contributed by atoms with E-state index in [1.165, 1.54) is 11.8 Å². The molecule has 0 saturated heterocycles. The van der Waals surface area contributed by atoms with Crippen molar-refractivity contribution < 1.29 is 14.3 Å². The summed E-state index contributed by atoms with van der Waals surface area (Å²) in [5.41, 5.74) is 2.59. The molecule has 7 nitrogen and oxygen atoms in total. The Bertz CT molecular complexity index is 1510. The third-order valence-corrected chi connectivity index (χ3v) is 8.16. The molecule has 0 bridgehead atoms. The molecule has 11 heteroatoms. The Labute approximate surface area is 211 Å². The number of thiazole rings is 1. The number of nitrogens with one attached hydrogen (secondary N) is 1. The Balaban J connectivity index is 1.40. The second-order valence-electron chi connectivity index (χ2n) is 7.05. The van der Waals surface area contributed by atoms with Crippen molar-refractivity contribution in [2.24, 2.45) is 0 Å². The van der Waals surface area contributed by atoms with Crippen molar-refractivity contribution in [3.05, 3.63) is 64.5 Å². The molecule has 0 unspecified atom stereocenters. The summed E-state index contributed by atoms with van der Waals surface area (Å²) in [6.45, 7) is 1.94. The molecule has 5 aromatic rings. The minimum Gasteiger partial charge on any atom is -0.462 e. The maximum atomic E-state index is 12.9. The second-order valence-corrected chi connectivity index (χ2v) is 10.6. The Morgan fingerprint density at radius 3 is 2.65 bits per heavy atom. The van der Waals surface area contributed by atoms with E-state index in [9.17, 15) is 9.59 Å². The van der Waals surface area contributed by atoms with Gasteiger partial charge in [0.1, 0.15) is 14.9 Å². The average Bonchev–Trinajstić information content (AvgIpc) is 3.50. The number of rotatable bonds is 7. The number of thioether (sulfide) groups is 1. The molecule has 3 aromatic heterocycles. The first-order chi connectivity index (χ1) is 16.6. The average molecular weight is 529 g/mol. The molecule has 34 heavy (non-hydrogen) atoms. The van der Waals surface area contributed by atoms with E-state index in [0.29, 0.717) is 20.1 Å². The van der Waals surface area contributed by atoms with E-state index in [1.807, 2.05) is 59.0 Å². The number of fused-ring (bicyclic) bond motifs is 3. The largest absolute Gasteiger partial charge is 0.462 e. The lowest BCUT2D eigenvalue weighted by atomic mass is 10.0. The number of para-hydroxylation sites is 1. The number of carbonyl (C=O) groups excluding carboxylic acids is 2. The predicted molar refractivity (Wildman–Crippen MR) is 138 cm³/mol. The lowest BCUT2D eigenvalue weighted by Gasteiger charge is -2.08. The van der Waals surface area contributed by atoms with Crippen LogP contribution < -0.4 is 5.32 Å². The molecule has 5 rings (SSSR count). The van der Waals surface area contributed by atoms with Gasteiger partial charge in [0.2, 0.25) is 10.9 Å². The minimum absolute atomic E-state index is 0.0867. The highest BCUT2D eigenvalue weighted by Gasteiger charge is 2.26. The maximum Gasteiger partial charge on any atom is 0.341 e. The summed E-state index contributed by atoms with van der Waals surface area (Å²) in [5.74, 6) is -0.732. The molecule has 0 aliphatic rings. The second kappa shape index (κ2) is 9.75. The summed E-state index contributed by atoms with van der Waals surface area (Å²) in [4.78, 5) is 26.4. The van der Waals surface area contributed by atoms with Gasteiger partial charge >= 0.3 is 5.97 Å². The summed E-state index contributed by atoms with van der Waals surface area (Å²) in [5, 5.41) is 12.3. The molecule has 0 fully saturated rings. The van der Waals surface area contributed by atoms with E-state index in [0.717, 1.165) is 32.1 Å². The molecule has 3 heterocycles. The fourth-order valence-corrected chi connectivity index (χ4v) is 6.65. The van der Waals surface area contributed by atoms with Crippen molar-refractivity contribution in [1.29, 1.82) is 0 Å². The first-order valence-corrected chi connectivity index (χ1v) is 13.3. The highest BCUT2D eigenvalue weighted by molar-refractivity contribution is 7.99. The van der Waals surface area contributed by atoms with Crippen molar-refractivity contribution in [2.45, 2.75) is 12.1 Å². The zero-order valence-electron chi connectivity index (χ0n) is 17.8. The number of anilines is 1. The summed E-state index contributed by atoms with van der Waals surface area (Å²) in [7, 11) is 0. The van der Waals surface area contributed by atoms with Crippen molar-refractivity contribution >= 4 is 78.1 Å². The number of esters is 1. The zero-order valence-corrected chi connectivity index (χ0v) is 21.0. The van der Waals surface area contributed by atoms with Crippen LogP contribution in [0.15, 0.2) is 59.8 Å². The van der Waals surface area contributed by atoms with Gasteiger partial charge in [0.25, 0.3) is 0 Å². The highest BCUT2D eigenvalue weighted by Crippen LogP contribution is 2.44. The predicted octanol–water partition coefficient (Wildman–Crippen LogP) is 6.23. The van der Waals surface area contributed by atoms with Crippen LogP contribution in [-0.2, 0) is 9.53 Å². The van der Waals surface area contributed by atoms with Crippen LogP contribution in [0, 0.1) is 0 Å². The van der Waals surface area contributed by atoms with Crippen LogP contribution in [0.2, 0.25) is 4.34 Å². The Hall–Kier alpha value is -2.92. The molecule has 0 atom stereocenters. The van der Waals surface area contributed by atoms with Crippen molar-refractivity contribution in [3.63, 3.8) is 0 Å². The number of ether oxygens (including phenoxy) is 1. The summed E-state index contributed by atoms with van der Waals surface area (Å²) in [6.07, 6.45) is 0. The molecule has 0 aliphatic heterocycles. The first kappa shape index (κ1) is 22.9. The number of benzene rings is 2. The molecular weight excluding hydrogens is 512 g/mol. The molecule has 172 valence electrons. The third-order valence-electron chi connectivity index (χ3n) is 4.90. The topological polar surface area (TPSA) is 85.6 Å². The number of aromatic nitrogens is 3. The lowest BCUT2D eigenvalue weighted by Crippen LogP contribution is -2.16. The summed E-state index contributed by atoms with van der Waals surface area (Å²) < 4.78 is 8.70. The fraction of sp³-hybridized carbons (Fsp3) is 0.130. The standard InChI is InChI=1S/C23H17ClN4O3S3/c1-2-31-21(30)18-17(13-8-4-3-5-9-13)19(24)34-20(18)25-16(29)12-32-22-26-27-23-28(22)14-10-6-7-11-15(14)33-23/h3-11H,2,12H2,1H3,(H,25,29). The van der Waals surface area contributed by atoms with Gasteiger partial charge in [-0.15, -0.1) is 21.5 Å². The molecule has 1 amide bonds. The summed E-state index contributed by atoms with van der Waals surface area (Å²) >= 11 is 10.5. The van der Waals surface area contributed by atoms with E-state index < -0.39 is 5.97 Å². The third kappa shape index (κ3) is 4.29. The zero-order chi connectivity index (χ0) is 23.7. The van der Waals surface area contributed by atoms with E-state index >= 15 is 0 Å². The number of halogens is 1. The number of hydrogen-bond acceptors (Lipinski definition) is 8. The molecule has 0 radical (unpaired) electrons. The van der Waals surface area contributed by atoms with Gasteiger partial charge in [0.05, 0.1) is 22.6 Å². The van der Waals surface area contributed by atoms with Crippen molar-refractivity contribution in [3.8, 4) is 11.1 Å². The molecule has 0 aliphatic carbocycles. The normalized spacial score (nSPS) is 11.2. The Morgan fingerprint density at radius 1 is 1.09 bits per heavy atom. The lowest BCUT2D eigenvalue weighted by molar-refractivity contribution is -0.113. The van der Waals surface area contributed by atoms with Gasteiger partial charge in [0.15, 0.2) is 5.16 Å². The molecule has 2 aromatic carbocycles. The summed E-state index contributed by atoms with van der Waals surface area (Å²) in [6, 6.07) is 17.3. The van der Waals surface area contributed by atoms with Gasteiger partial charge in [-0.05, 0) is 24.6 Å². The fourth-order valence-electron chi connectivity index (χ4n) is 3.49. The first-order valence-electron chi connectivity index (χ1n) is 10.3. The van der Waals surface area contributed by atoms with Gasteiger partial charge in [0, 0.05) is 5.56 Å². The van der Waals surface area contributed by atoms with Crippen LogP contribution in [0.5, 0.6) is 0 Å². The maximum absolute atomic E-state index is 12.9. The van der Waals surface area contributed by atoms with Gasteiger partial charge in [-0.2, -0.15) is 0 Å². The van der Waals surface area contributed by atoms with Crippen LogP contribution in [0.3, 0.4) is 0 Å². The number of nitrogens with zero attached hydrogens (tertiary/aromatic N) is 3.